The second kappa shape index (κ2) is 8.95. The largest absolute Gasteiger partial charge is 0.385 e. The maximum absolute atomic E-state index is 11.6. The molecule has 8 nitrogen and oxygen atoms in total. The minimum Gasteiger partial charge on any atom is -0.385 e. The van der Waals surface area contributed by atoms with Gasteiger partial charge < -0.3 is 26.8 Å². The molecule has 0 spiro atoms. The Labute approximate surface area is 147 Å². The summed E-state index contributed by atoms with van der Waals surface area (Å²) in [5.74, 6) is 0.118. The fourth-order valence-electron chi connectivity index (χ4n) is 2.20. The fraction of sp³-hybridized carbons (Fsp3) is 0.353. The number of anilines is 3. The van der Waals surface area contributed by atoms with Crippen LogP contribution in [0.5, 0.6) is 0 Å². The molecular formula is C17H24N6O2. The van der Waals surface area contributed by atoms with Gasteiger partial charge in [0.1, 0.15) is 11.4 Å². The summed E-state index contributed by atoms with van der Waals surface area (Å²) in [6.07, 6.45) is 2.12. The van der Waals surface area contributed by atoms with Gasteiger partial charge >= 0.3 is 0 Å². The number of rotatable bonds is 9. The van der Waals surface area contributed by atoms with Gasteiger partial charge in [-0.15, -0.1) is 0 Å². The number of aryl methyl sites for hydroxylation is 1. The molecule has 8 heteroatoms. The third-order valence-electron chi connectivity index (χ3n) is 3.55. The summed E-state index contributed by atoms with van der Waals surface area (Å²) in [5.41, 5.74) is 13.5. The number of nitrogens with zero attached hydrogens (tertiary/aromatic N) is 2. The molecule has 1 heterocycles. The molecule has 0 saturated carbocycles. The maximum atomic E-state index is 11.6. The van der Waals surface area contributed by atoms with Crippen molar-refractivity contribution in [3.8, 4) is 0 Å². The highest BCUT2D eigenvalue weighted by molar-refractivity contribution is 5.98. The maximum Gasteiger partial charge on any atom is 0.254 e. The quantitative estimate of drug-likeness (QED) is 0.541. The highest BCUT2D eigenvalue weighted by atomic mass is 16.5. The summed E-state index contributed by atoms with van der Waals surface area (Å²) in [5, 5.41) is 6.18. The van der Waals surface area contributed by atoms with E-state index < -0.39 is 5.91 Å². The minimum atomic E-state index is -0.599. The average molecular weight is 344 g/mol. The van der Waals surface area contributed by atoms with Crippen molar-refractivity contribution in [2.45, 2.75) is 19.4 Å². The van der Waals surface area contributed by atoms with Crippen LogP contribution in [0, 0.1) is 6.92 Å². The summed E-state index contributed by atoms with van der Waals surface area (Å²) in [7, 11) is 1.63. The van der Waals surface area contributed by atoms with Crippen molar-refractivity contribution in [2.75, 3.05) is 30.9 Å². The lowest BCUT2D eigenvalue weighted by Crippen LogP contribution is -2.30. The van der Waals surface area contributed by atoms with Gasteiger partial charge in [0, 0.05) is 38.2 Å². The van der Waals surface area contributed by atoms with Crippen LogP contribution in [0.25, 0.3) is 0 Å². The van der Waals surface area contributed by atoms with E-state index in [9.17, 15) is 4.79 Å². The molecule has 1 aromatic heterocycles. The van der Waals surface area contributed by atoms with Gasteiger partial charge in [0.15, 0.2) is 0 Å². The Morgan fingerprint density at radius 2 is 2.20 bits per heavy atom. The number of methoxy groups -OCH3 is 1. The zero-order valence-electron chi connectivity index (χ0n) is 14.5. The van der Waals surface area contributed by atoms with Gasteiger partial charge in [-0.2, -0.15) is 4.98 Å². The number of nitrogens with two attached hydrogens (primary N) is 2. The van der Waals surface area contributed by atoms with Crippen LogP contribution in [0.2, 0.25) is 0 Å². The van der Waals surface area contributed by atoms with Crippen LogP contribution in [-0.2, 0) is 4.74 Å². The summed E-state index contributed by atoms with van der Waals surface area (Å²) < 4.78 is 5.00. The number of hydrogen-bond acceptors (Lipinski definition) is 7. The Balaban J connectivity index is 2.14. The number of carbonyl (C=O) groups excluding carboxylic acids is 1. The summed E-state index contributed by atoms with van der Waals surface area (Å²) in [6, 6.07) is 7.63. The van der Waals surface area contributed by atoms with Crippen LogP contribution >= 0.6 is 0 Å². The van der Waals surface area contributed by atoms with Crippen molar-refractivity contribution in [1.29, 1.82) is 0 Å². The fourth-order valence-corrected chi connectivity index (χ4v) is 2.20. The molecule has 25 heavy (non-hydrogen) atoms. The number of benzene rings is 1. The molecule has 0 fully saturated rings. The third kappa shape index (κ3) is 5.70. The molecule has 1 amide bonds. The first-order valence-corrected chi connectivity index (χ1v) is 7.98. The molecular weight excluding hydrogens is 320 g/mol. The molecule has 1 atom stereocenters. The van der Waals surface area contributed by atoms with E-state index >= 15 is 0 Å². The average Bonchev–Trinajstić information content (AvgIpc) is 2.58. The Kier molecular flexibility index (Phi) is 6.67. The van der Waals surface area contributed by atoms with Crippen LogP contribution in [0.15, 0.2) is 30.5 Å². The first-order chi connectivity index (χ1) is 12.0. The van der Waals surface area contributed by atoms with E-state index in [1.807, 2.05) is 31.2 Å². The van der Waals surface area contributed by atoms with Gasteiger partial charge in [-0.25, -0.2) is 4.98 Å². The van der Waals surface area contributed by atoms with Crippen LogP contribution in [-0.4, -0.2) is 42.2 Å². The summed E-state index contributed by atoms with van der Waals surface area (Å²) >= 11 is 0. The van der Waals surface area contributed by atoms with E-state index in [1.165, 1.54) is 6.20 Å². The number of primary amides is 1. The third-order valence-corrected chi connectivity index (χ3v) is 3.55. The molecule has 1 unspecified atom stereocenters. The molecule has 0 aliphatic rings. The van der Waals surface area contributed by atoms with E-state index in [0.717, 1.165) is 17.7 Å². The molecule has 0 bridgehead atoms. The number of carbonyl (C=O) groups is 1. The lowest BCUT2D eigenvalue weighted by molar-refractivity contribution is 0.100. The van der Waals surface area contributed by atoms with Crippen molar-refractivity contribution >= 4 is 23.4 Å². The Morgan fingerprint density at radius 1 is 1.40 bits per heavy atom. The minimum absolute atomic E-state index is 0.0902. The van der Waals surface area contributed by atoms with Crippen molar-refractivity contribution in [2.24, 2.45) is 11.5 Å². The number of amides is 1. The lowest BCUT2D eigenvalue weighted by Gasteiger charge is -2.14. The van der Waals surface area contributed by atoms with Crippen LogP contribution in [0.1, 0.15) is 22.3 Å². The monoisotopic (exact) mass is 344 g/mol. The van der Waals surface area contributed by atoms with Gasteiger partial charge in [-0.05, 0) is 31.0 Å². The van der Waals surface area contributed by atoms with E-state index in [4.69, 9.17) is 16.2 Å². The summed E-state index contributed by atoms with van der Waals surface area (Å²) in [4.78, 5) is 20.1. The zero-order valence-corrected chi connectivity index (χ0v) is 14.5. The van der Waals surface area contributed by atoms with Gasteiger partial charge in [0.2, 0.25) is 5.95 Å². The normalized spacial score (nSPS) is 11.8. The van der Waals surface area contributed by atoms with E-state index in [1.54, 1.807) is 7.11 Å². The van der Waals surface area contributed by atoms with Crippen molar-refractivity contribution < 1.29 is 9.53 Å². The number of nitrogens with one attached hydrogen (secondary N) is 2. The standard InChI is InChI=1S/C17H24N6O2/c1-11-4-3-5-13(8-11)22-16-14(15(19)24)10-21-17(23-16)20-9-12(18)6-7-25-2/h3-5,8,10,12H,6-7,9,18H2,1-2H3,(H2,19,24)(H2,20,21,22,23). The Hall–Kier alpha value is -2.71. The highest BCUT2D eigenvalue weighted by Crippen LogP contribution is 2.20. The second-order valence-electron chi connectivity index (χ2n) is 5.74. The molecule has 2 rings (SSSR count). The van der Waals surface area contributed by atoms with Crippen LogP contribution in [0.4, 0.5) is 17.5 Å². The van der Waals surface area contributed by atoms with Crippen molar-refractivity contribution in [3.63, 3.8) is 0 Å². The predicted octanol–water partition coefficient (Wildman–Crippen LogP) is 1.40. The number of hydrogen-bond donors (Lipinski definition) is 4. The smallest absolute Gasteiger partial charge is 0.254 e. The molecule has 1 aromatic carbocycles. The first kappa shape index (κ1) is 18.6. The van der Waals surface area contributed by atoms with Gasteiger partial charge in [0.25, 0.3) is 5.91 Å². The SMILES string of the molecule is COCCC(N)CNc1ncc(C(N)=O)c(Nc2cccc(C)c2)n1. The molecule has 0 aliphatic carbocycles. The number of ether oxygens (including phenoxy) is 1. The summed E-state index contributed by atoms with van der Waals surface area (Å²) in [6.45, 7) is 3.06. The molecule has 0 radical (unpaired) electrons. The lowest BCUT2D eigenvalue weighted by atomic mass is 10.2. The Bertz CT molecular complexity index is 722. The van der Waals surface area contributed by atoms with E-state index in [-0.39, 0.29) is 11.6 Å². The molecule has 2 aromatic rings. The molecule has 0 aliphatic heterocycles. The van der Waals surface area contributed by atoms with Crippen molar-refractivity contribution in [1.82, 2.24) is 9.97 Å². The molecule has 6 N–H and O–H groups in total. The zero-order chi connectivity index (χ0) is 18.2. The van der Waals surface area contributed by atoms with Crippen LogP contribution in [0.3, 0.4) is 0 Å². The first-order valence-electron chi connectivity index (χ1n) is 7.98. The van der Waals surface area contributed by atoms with Gasteiger partial charge in [0.05, 0.1) is 0 Å². The molecule has 0 saturated heterocycles. The van der Waals surface area contributed by atoms with Crippen LogP contribution < -0.4 is 22.1 Å². The highest BCUT2D eigenvalue weighted by Gasteiger charge is 2.13. The predicted molar refractivity (Wildman–Crippen MR) is 98.0 cm³/mol. The van der Waals surface area contributed by atoms with E-state index in [2.05, 4.69) is 20.6 Å². The van der Waals surface area contributed by atoms with Gasteiger partial charge in [-0.1, -0.05) is 12.1 Å². The molecule has 134 valence electrons. The van der Waals surface area contributed by atoms with E-state index in [0.29, 0.717) is 24.9 Å². The number of aromatic nitrogens is 2. The second-order valence-corrected chi connectivity index (χ2v) is 5.74. The Morgan fingerprint density at radius 3 is 2.88 bits per heavy atom. The van der Waals surface area contributed by atoms with Gasteiger partial charge in [-0.3, -0.25) is 4.79 Å². The van der Waals surface area contributed by atoms with Crippen molar-refractivity contribution in [3.05, 3.63) is 41.6 Å². The topological polar surface area (TPSA) is 128 Å².